The predicted octanol–water partition coefficient (Wildman–Crippen LogP) is 1.70. The zero-order valence-corrected chi connectivity index (χ0v) is 9.75. The van der Waals surface area contributed by atoms with Crippen molar-refractivity contribution in [1.82, 2.24) is 14.6 Å². The number of methoxy groups -OCH3 is 1. The molecule has 18 heavy (non-hydrogen) atoms. The lowest BCUT2D eigenvalue weighted by Gasteiger charge is -2.00. The molecule has 5 nitrogen and oxygen atoms in total. The highest BCUT2D eigenvalue weighted by atomic mass is 16.5. The van der Waals surface area contributed by atoms with Gasteiger partial charge in [0.25, 0.3) is 0 Å². The average Bonchev–Trinajstić information content (AvgIpc) is 2.81. The Morgan fingerprint density at radius 2 is 2.17 bits per heavy atom. The fourth-order valence-electron chi connectivity index (χ4n) is 1.80. The van der Waals surface area contributed by atoms with Crippen LogP contribution in [0.25, 0.3) is 17.0 Å². The van der Waals surface area contributed by atoms with Crippen molar-refractivity contribution in [2.24, 2.45) is 0 Å². The summed E-state index contributed by atoms with van der Waals surface area (Å²) >= 11 is 0. The largest absolute Gasteiger partial charge is 0.497 e. The third-order valence-electron chi connectivity index (χ3n) is 2.70. The molecule has 0 aliphatic rings. The van der Waals surface area contributed by atoms with E-state index in [9.17, 15) is 4.79 Å². The van der Waals surface area contributed by atoms with E-state index in [4.69, 9.17) is 4.74 Å². The molecule has 3 rings (SSSR count). The standard InChI is InChI=1S/C13H11N3O2/c1-18-11-4-2-3-9(7-11)13-14-12-8-10(17)5-6-16(12)15-13/h2-8H,1H3,(H,14,15). The second-order valence-electron chi connectivity index (χ2n) is 3.89. The summed E-state index contributed by atoms with van der Waals surface area (Å²) in [6.45, 7) is 0. The van der Waals surface area contributed by atoms with Crippen LogP contribution >= 0.6 is 0 Å². The Bertz CT molecular complexity index is 758. The van der Waals surface area contributed by atoms with Crippen LogP contribution in [-0.2, 0) is 0 Å². The highest BCUT2D eigenvalue weighted by Crippen LogP contribution is 2.20. The SMILES string of the molecule is COc1cccc(-c2nc3cc(=O)ccn3[nH]2)c1. The first-order chi connectivity index (χ1) is 8.76. The monoisotopic (exact) mass is 241 g/mol. The van der Waals surface area contributed by atoms with Gasteiger partial charge in [0.15, 0.2) is 16.9 Å². The van der Waals surface area contributed by atoms with Crippen LogP contribution in [0.3, 0.4) is 0 Å². The van der Waals surface area contributed by atoms with Gasteiger partial charge in [-0.1, -0.05) is 12.1 Å². The number of nitrogens with zero attached hydrogens (tertiary/aromatic N) is 2. The van der Waals surface area contributed by atoms with Gasteiger partial charge in [-0.2, -0.15) is 0 Å². The maximum Gasteiger partial charge on any atom is 0.183 e. The van der Waals surface area contributed by atoms with Crippen molar-refractivity contribution in [3.63, 3.8) is 0 Å². The molecule has 0 bridgehead atoms. The number of rotatable bonds is 2. The molecule has 1 N–H and O–H groups in total. The van der Waals surface area contributed by atoms with E-state index in [1.165, 1.54) is 12.1 Å². The van der Waals surface area contributed by atoms with Crippen LogP contribution in [0.1, 0.15) is 0 Å². The summed E-state index contributed by atoms with van der Waals surface area (Å²) < 4.78 is 6.88. The molecule has 0 radical (unpaired) electrons. The molecule has 2 heterocycles. The van der Waals surface area contributed by atoms with Crippen LogP contribution < -0.4 is 10.2 Å². The number of nitrogens with one attached hydrogen (secondary N) is 1. The minimum absolute atomic E-state index is 0.0568. The predicted molar refractivity (Wildman–Crippen MR) is 67.8 cm³/mol. The van der Waals surface area contributed by atoms with Crippen molar-refractivity contribution >= 4 is 5.65 Å². The zero-order valence-electron chi connectivity index (χ0n) is 9.75. The Balaban J connectivity index is 2.16. The number of H-pyrrole nitrogens is 1. The van der Waals surface area contributed by atoms with Crippen LogP contribution in [0.2, 0.25) is 0 Å². The van der Waals surface area contributed by atoms with Crippen molar-refractivity contribution in [1.29, 1.82) is 0 Å². The number of fused-ring (bicyclic) bond motifs is 1. The van der Waals surface area contributed by atoms with Gasteiger partial charge in [-0.3, -0.25) is 9.89 Å². The third-order valence-corrected chi connectivity index (χ3v) is 2.70. The first-order valence-electron chi connectivity index (χ1n) is 5.49. The average molecular weight is 241 g/mol. The number of hydrogen-bond donors (Lipinski definition) is 1. The Morgan fingerprint density at radius 3 is 3.00 bits per heavy atom. The molecule has 2 aromatic heterocycles. The highest BCUT2D eigenvalue weighted by Gasteiger charge is 2.05. The molecule has 5 heteroatoms. The highest BCUT2D eigenvalue weighted by molar-refractivity contribution is 5.60. The fourth-order valence-corrected chi connectivity index (χ4v) is 1.80. The molecule has 0 unspecified atom stereocenters. The number of aromatic nitrogens is 3. The summed E-state index contributed by atoms with van der Waals surface area (Å²) in [4.78, 5) is 15.6. The zero-order chi connectivity index (χ0) is 12.5. The van der Waals surface area contributed by atoms with E-state index in [1.54, 1.807) is 17.8 Å². The Morgan fingerprint density at radius 1 is 1.28 bits per heavy atom. The summed E-state index contributed by atoms with van der Waals surface area (Å²) in [6.07, 6.45) is 1.66. The van der Waals surface area contributed by atoms with Gasteiger partial charge in [-0.15, -0.1) is 0 Å². The lowest BCUT2D eigenvalue weighted by atomic mass is 10.2. The molecule has 90 valence electrons. The lowest BCUT2D eigenvalue weighted by molar-refractivity contribution is 0.415. The van der Waals surface area contributed by atoms with Crippen LogP contribution in [0.5, 0.6) is 5.75 Å². The molecule has 0 fully saturated rings. The van der Waals surface area contributed by atoms with Gasteiger partial charge in [0.05, 0.1) is 7.11 Å². The van der Waals surface area contributed by atoms with Gasteiger partial charge in [0, 0.05) is 23.9 Å². The van der Waals surface area contributed by atoms with Crippen LogP contribution in [0.15, 0.2) is 47.4 Å². The molecule has 0 spiro atoms. The first kappa shape index (κ1) is 10.6. The molecule has 1 aromatic carbocycles. The third kappa shape index (κ3) is 1.75. The molecule has 0 saturated carbocycles. The maximum absolute atomic E-state index is 11.2. The summed E-state index contributed by atoms with van der Waals surface area (Å²) in [7, 11) is 1.62. The number of pyridine rings is 1. The molecule has 0 aliphatic heterocycles. The van der Waals surface area contributed by atoms with Crippen molar-refractivity contribution in [3.05, 3.63) is 52.8 Å². The molecule has 0 amide bonds. The fraction of sp³-hybridized carbons (Fsp3) is 0.0769. The minimum atomic E-state index is -0.0568. The van der Waals surface area contributed by atoms with E-state index < -0.39 is 0 Å². The van der Waals surface area contributed by atoms with Gasteiger partial charge in [0.1, 0.15) is 5.75 Å². The summed E-state index contributed by atoms with van der Waals surface area (Å²) in [5, 5.41) is 3.10. The molecule has 0 saturated heterocycles. The van der Waals surface area contributed by atoms with E-state index in [0.717, 1.165) is 11.3 Å². The smallest absolute Gasteiger partial charge is 0.183 e. The van der Waals surface area contributed by atoms with E-state index in [1.807, 2.05) is 24.3 Å². The molecular formula is C13H11N3O2. The molecule has 3 aromatic rings. The Hall–Kier alpha value is -2.56. The molecule has 0 atom stereocenters. The number of hydrogen-bond acceptors (Lipinski definition) is 3. The van der Waals surface area contributed by atoms with Crippen molar-refractivity contribution in [3.8, 4) is 17.1 Å². The van der Waals surface area contributed by atoms with E-state index in [0.29, 0.717) is 11.5 Å². The summed E-state index contributed by atoms with van der Waals surface area (Å²) in [5.74, 6) is 1.46. The maximum atomic E-state index is 11.2. The second kappa shape index (κ2) is 4.03. The number of aromatic amines is 1. The molecule has 0 aliphatic carbocycles. The number of benzene rings is 1. The van der Waals surface area contributed by atoms with Crippen LogP contribution in [0.4, 0.5) is 0 Å². The van der Waals surface area contributed by atoms with Gasteiger partial charge in [-0.25, -0.2) is 9.50 Å². The second-order valence-corrected chi connectivity index (χ2v) is 3.89. The van der Waals surface area contributed by atoms with Crippen molar-refractivity contribution in [2.75, 3.05) is 7.11 Å². The topological polar surface area (TPSA) is 59.4 Å². The normalized spacial score (nSPS) is 10.7. The molecular weight excluding hydrogens is 230 g/mol. The van der Waals surface area contributed by atoms with Gasteiger partial charge in [-0.05, 0) is 12.1 Å². The Kier molecular flexibility index (Phi) is 2.37. The van der Waals surface area contributed by atoms with Crippen LogP contribution in [-0.4, -0.2) is 21.7 Å². The lowest BCUT2D eigenvalue weighted by Crippen LogP contribution is -1.98. The van der Waals surface area contributed by atoms with Gasteiger partial charge < -0.3 is 4.74 Å². The van der Waals surface area contributed by atoms with Crippen molar-refractivity contribution < 1.29 is 4.74 Å². The van der Waals surface area contributed by atoms with Crippen molar-refractivity contribution in [2.45, 2.75) is 0 Å². The van der Waals surface area contributed by atoms with Crippen LogP contribution in [0, 0.1) is 0 Å². The summed E-state index contributed by atoms with van der Waals surface area (Å²) in [5.41, 5.74) is 1.45. The van der Waals surface area contributed by atoms with Gasteiger partial charge >= 0.3 is 0 Å². The van der Waals surface area contributed by atoms with E-state index in [-0.39, 0.29) is 5.43 Å². The quantitative estimate of drug-likeness (QED) is 0.742. The first-order valence-corrected chi connectivity index (χ1v) is 5.49. The van der Waals surface area contributed by atoms with Gasteiger partial charge in [0.2, 0.25) is 0 Å². The number of ether oxygens (including phenoxy) is 1. The van der Waals surface area contributed by atoms with E-state index >= 15 is 0 Å². The minimum Gasteiger partial charge on any atom is -0.497 e. The van der Waals surface area contributed by atoms with E-state index in [2.05, 4.69) is 10.1 Å². The Labute approximate surface area is 103 Å². The summed E-state index contributed by atoms with van der Waals surface area (Å²) in [6, 6.07) is 10.6.